The van der Waals surface area contributed by atoms with Crippen molar-refractivity contribution in [1.29, 1.82) is 0 Å². The maximum atomic E-state index is 12.6. The molecular formula is C20H27N3O3S. The standard InChI is InChI=1S/C20H27N3O3S/c1-5-7-11-16(24)21-15-10-8-9-14(12-15)18-17(19(25)26-6-2)13(3)23(4)20(27)22-18/h8-10,12,18H,5-7,11H2,1-4H3,(H,21,24)(H,22,27)/t18-/m1/s1. The van der Waals surface area contributed by atoms with Crippen LogP contribution in [0.25, 0.3) is 0 Å². The Labute approximate surface area is 166 Å². The van der Waals surface area contributed by atoms with Crippen molar-refractivity contribution in [2.45, 2.75) is 46.1 Å². The molecule has 6 nitrogen and oxygen atoms in total. The van der Waals surface area contributed by atoms with Crippen molar-refractivity contribution in [2.24, 2.45) is 0 Å². The van der Waals surface area contributed by atoms with Gasteiger partial charge in [0.15, 0.2) is 5.11 Å². The molecule has 7 heteroatoms. The van der Waals surface area contributed by atoms with E-state index in [0.29, 0.717) is 29.4 Å². The van der Waals surface area contributed by atoms with Crippen molar-refractivity contribution in [3.05, 3.63) is 41.1 Å². The van der Waals surface area contributed by atoms with Crippen LogP contribution in [0, 0.1) is 0 Å². The van der Waals surface area contributed by atoms with E-state index in [1.165, 1.54) is 0 Å². The van der Waals surface area contributed by atoms with E-state index in [9.17, 15) is 9.59 Å². The molecule has 0 bridgehead atoms. The summed E-state index contributed by atoms with van der Waals surface area (Å²) in [5.41, 5.74) is 2.80. The van der Waals surface area contributed by atoms with E-state index in [2.05, 4.69) is 10.6 Å². The third kappa shape index (κ3) is 5.07. The number of carbonyl (C=O) groups is 2. The molecule has 1 amide bonds. The van der Waals surface area contributed by atoms with Gasteiger partial charge in [-0.25, -0.2) is 4.79 Å². The topological polar surface area (TPSA) is 70.7 Å². The minimum absolute atomic E-state index is 0.0156. The Balaban J connectivity index is 2.34. The summed E-state index contributed by atoms with van der Waals surface area (Å²) in [4.78, 5) is 26.4. The predicted octanol–water partition coefficient (Wildman–Crippen LogP) is 3.51. The first kappa shape index (κ1) is 20.9. The summed E-state index contributed by atoms with van der Waals surface area (Å²) >= 11 is 5.40. The molecule has 1 aromatic rings. The lowest BCUT2D eigenvalue weighted by molar-refractivity contribution is -0.139. The zero-order valence-electron chi connectivity index (χ0n) is 16.3. The van der Waals surface area contributed by atoms with Crippen molar-refractivity contribution >= 4 is 34.9 Å². The van der Waals surface area contributed by atoms with Crippen molar-refractivity contribution in [1.82, 2.24) is 10.2 Å². The highest BCUT2D eigenvalue weighted by Gasteiger charge is 2.33. The van der Waals surface area contributed by atoms with Gasteiger partial charge in [-0.1, -0.05) is 25.5 Å². The number of unbranched alkanes of at least 4 members (excludes halogenated alkanes) is 1. The van der Waals surface area contributed by atoms with Crippen LogP contribution in [-0.4, -0.2) is 35.5 Å². The molecule has 0 aromatic heterocycles. The molecule has 1 aliphatic heterocycles. The second-order valence-corrected chi connectivity index (χ2v) is 6.82. The molecule has 0 saturated heterocycles. The number of hydrogen-bond acceptors (Lipinski definition) is 4. The third-order valence-electron chi connectivity index (χ3n) is 4.51. The minimum atomic E-state index is -0.430. The Morgan fingerprint density at radius 1 is 1.33 bits per heavy atom. The number of allylic oxidation sites excluding steroid dienone is 1. The van der Waals surface area contributed by atoms with Gasteiger partial charge < -0.3 is 20.3 Å². The number of carbonyl (C=O) groups excluding carboxylic acids is 2. The lowest BCUT2D eigenvalue weighted by Crippen LogP contribution is -2.46. The fraction of sp³-hybridized carbons (Fsp3) is 0.450. The summed E-state index contributed by atoms with van der Waals surface area (Å²) in [6.45, 7) is 5.97. The molecule has 2 N–H and O–H groups in total. The minimum Gasteiger partial charge on any atom is -0.463 e. The molecule has 1 aromatic carbocycles. The van der Waals surface area contributed by atoms with E-state index >= 15 is 0 Å². The van der Waals surface area contributed by atoms with Crippen molar-refractivity contribution < 1.29 is 14.3 Å². The zero-order valence-corrected chi connectivity index (χ0v) is 17.1. The van der Waals surface area contributed by atoms with Crippen LogP contribution in [0.1, 0.15) is 51.6 Å². The van der Waals surface area contributed by atoms with E-state index in [-0.39, 0.29) is 11.9 Å². The Morgan fingerprint density at radius 3 is 2.74 bits per heavy atom. The van der Waals surface area contributed by atoms with Gasteiger partial charge in [0.25, 0.3) is 0 Å². The zero-order chi connectivity index (χ0) is 20.0. The van der Waals surface area contributed by atoms with Crippen molar-refractivity contribution in [3.63, 3.8) is 0 Å². The van der Waals surface area contributed by atoms with Gasteiger partial charge in [-0.05, 0) is 50.2 Å². The van der Waals surface area contributed by atoms with Crippen LogP contribution in [0.2, 0.25) is 0 Å². The molecule has 0 radical (unpaired) electrons. The highest BCUT2D eigenvalue weighted by molar-refractivity contribution is 7.80. The summed E-state index contributed by atoms with van der Waals surface area (Å²) in [5.74, 6) is -0.391. The van der Waals surface area contributed by atoms with E-state index < -0.39 is 6.04 Å². The first-order valence-electron chi connectivity index (χ1n) is 9.20. The molecule has 2 rings (SSSR count). The molecule has 1 atom stereocenters. The number of benzene rings is 1. The molecular weight excluding hydrogens is 362 g/mol. The SMILES string of the molecule is CCCCC(=O)Nc1cccc([C@H]2NC(=S)N(C)C(C)=C2C(=O)OCC)c1. The maximum Gasteiger partial charge on any atom is 0.338 e. The third-order valence-corrected chi connectivity index (χ3v) is 4.90. The molecule has 0 spiro atoms. The smallest absolute Gasteiger partial charge is 0.338 e. The Kier molecular flexibility index (Phi) is 7.36. The quantitative estimate of drug-likeness (QED) is 0.549. The molecule has 1 heterocycles. The van der Waals surface area contributed by atoms with Crippen LogP contribution in [0.4, 0.5) is 5.69 Å². The molecule has 0 unspecified atom stereocenters. The molecule has 0 fully saturated rings. The molecule has 1 aliphatic rings. The van der Waals surface area contributed by atoms with Gasteiger partial charge in [-0.15, -0.1) is 0 Å². The van der Waals surface area contributed by atoms with Gasteiger partial charge in [-0.2, -0.15) is 0 Å². The van der Waals surface area contributed by atoms with E-state index in [4.69, 9.17) is 17.0 Å². The lowest BCUT2D eigenvalue weighted by atomic mass is 9.95. The second kappa shape index (κ2) is 9.50. The van der Waals surface area contributed by atoms with Gasteiger partial charge in [0.2, 0.25) is 5.91 Å². The van der Waals surface area contributed by atoms with Crippen LogP contribution < -0.4 is 10.6 Å². The van der Waals surface area contributed by atoms with Crippen molar-refractivity contribution in [3.8, 4) is 0 Å². The summed E-state index contributed by atoms with van der Waals surface area (Å²) in [5, 5.41) is 6.65. The number of rotatable bonds is 7. The van der Waals surface area contributed by atoms with E-state index in [1.807, 2.05) is 45.2 Å². The van der Waals surface area contributed by atoms with Gasteiger partial charge in [-0.3, -0.25) is 4.79 Å². The normalized spacial score (nSPS) is 16.8. The van der Waals surface area contributed by atoms with Crippen LogP contribution in [0.5, 0.6) is 0 Å². The highest BCUT2D eigenvalue weighted by Crippen LogP contribution is 2.31. The maximum absolute atomic E-state index is 12.6. The summed E-state index contributed by atoms with van der Waals surface area (Å²) in [6.07, 6.45) is 2.31. The van der Waals surface area contributed by atoms with Gasteiger partial charge in [0, 0.05) is 24.9 Å². The first-order valence-corrected chi connectivity index (χ1v) is 9.61. The lowest BCUT2D eigenvalue weighted by Gasteiger charge is -2.35. The fourth-order valence-electron chi connectivity index (χ4n) is 2.92. The van der Waals surface area contributed by atoms with Gasteiger partial charge in [0.05, 0.1) is 18.2 Å². The average molecular weight is 390 g/mol. The van der Waals surface area contributed by atoms with E-state index in [1.54, 1.807) is 11.8 Å². The molecule has 27 heavy (non-hydrogen) atoms. The summed E-state index contributed by atoms with van der Waals surface area (Å²) < 4.78 is 5.25. The Hall–Kier alpha value is -2.41. The number of thiocarbonyl (C=S) groups is 1. The largest absolute Gasteiger partial charge is 0.463 e. The second-order valence-electron chi connectivity index (χ2n) is 6.44. The number of nitrogens with zero attached hydrogens (tertiary/aromatic N) is 1. The summed E-state index contributed by atoms with van der Waals surface area (Å²) in [6, 6.07) is 7.02. The number of hydrogen-bond donors (Lipinski definition) is 2. The fourth-order valence-corrected chi connectivity index (χ4v) is 3.17. The van der Waals surface area contributed by atoms with Crippen LogP contribution in [-0.2, 0) is 14.3 Å². The number of amides is 1. The molecule has 146 valence electrons. The predicted molar refractivity (Wildman–Crippen MR) is 110 cm³/mol. The number of anilines is 1. The van der Waals surface area contributed by atoms with Gasteiger partial charge >= 0.3 is 5.97 Å². The number of nitrogens with one attached hydrogen (secondary N) is 2. The Bertz CT molecular complexity index is 761. The van der Waals surface area contributed by atoms with Crippen LogP contribution >= 0.6 is 12.2 Å². The number of ether oxygens (including phenoxy) is 1. The van der Waals surface area contributed by atoms with Crippen LogP contribution in [0.15, 0.2) is 35.5 Å². The Morgan fingerprint density at radius 2 is 2.07 bits per heavy atom. The number of esters is 1. The summed E-state index contributed by atoms with van der Waals surface area (Å²) in [7, 11) is 1.81. The van der Waals surface area contributed by atoms with Crippen molar-refractivity contribution in [2.75, 3.05) is 19.0 Å². The monoisotopic (exact) mass is 389 g/mol. The average Bonchev–Trinajstić information content (AvgIpc) is 2.64. The molecule has 0 saturated carbocycles. The first-order chi connectivity index (χ1) is 12.9. The van der Waals surface area contributed by atoms with Crippen LogP contribution in [0.3, 0.4) is 0 Å². The van der Waals surface area contributed by atoms with E-state index in [0.717, 1.165) is 24.1 Å². The molecule has 0 aliphatic carbocycles. The van der Waals surface area contributed by atoms with Gasteiger partial charge in [0.1, 0.15) is 0 Å². The highest BCUT2D eigenvalue weighted by atomic mass is 32.1.